The van der Waals surface area contributed by atoms with Gasteiger partial charge in [-0.15, -0.1) is 11.3 Å². The van der Waals surface area contributed by atoms with Crippen molar-refractivity contribution in [2.45, 2.75) is 12.0 Å². The van der Waals surface area contributed by atoms with Crippen LogP contribution in [0.4, 0.5) is 4.79 Å². The fourth-order valence-corrected chi connectivity index (χ4v) is 3.83. The first-order valence-electron chi connectivity index (χ1n) is 7.55. The average molecular weight is 342 g/mol. The van der Waals surface area contributed by atoms with Gasteiger partial charge in [-0.3, -0.25) is 14.5 Å². The third-order valence-corrected chi connectivity index (χ3v) is 5.27. The highest BCUT2D eigenvalue weighted by molar-refractivity contribution is 7.12. The normalized spacial score (nSPS) is 22.2. The Labute approximate surface area is 142 Å². The summed E-state index contributed by atoms with van der Waals surface area (Å²) >= 11 is 1.29. The van der Waals surface area contributed by atoms with E-state index >= 15 is 0 Å². The van der Waals surface area contributed by atoms with Gasteiger partial charge in [-0.2, -0.15) is 0 Å². The van der Waals surface area contributed by atoms with E-state index in [1.54, 1.807) is 35.7 Å². The van der Waals surface area contributed by atoms with E-state index in [0.717, 1.165) is 4.90 Å². The monoisotopic (exact) mass is 342 g/mol. The highest BCUT2D eigenvalue weighted by Gasteiger charge is 2.55. The average Bonchev–Trinajstić information content (AvgIpc) is 3.20. The number of imide groups is 1. The fourth-order valence-electron chi connectivity index (χ4n) is 3.17. The molecular weight excluding hydrogens is 328 g/mol. The van der Waals surface area contributed by atoms with Crippen LogP contribution in [0.25, 0.3) is 0 Å². The molecule has 1 fully saturated rings. The van der Waals surface area contributed by atoms with E-state index in [0.29, 0.717) is 29.2 Å². The van der Waals surface area contributed by atoms with Gasteiger partial charge in [0, 0.05) is 12.0 Å². The summed E-state index contributed by atoms with van der Waals surface area (Å²) in [6.45, 7) is 0.0751. The zero-order valence-electron chi connectivity index (χ0n) is 12.7. The smallest absolute Gasteiger partial charge is 0.325 e. The number of amides is 3. The Kier molecular flexibility index (Phi) is 3.38. The zero-order chi connectivity index (χ0) is 16.7. The van der Waals surface area contributed by atoms with Gasteiger partial charge in [-0.05, 0) is 17.5 Å². The van der Waals surface area contributed by atoms with Crippen LogP contribution < -0.4 is 10.1 Å². The summed E-state index contributed by atoms with van der Waals surface area (Å²) in [5, 5.41) is 4.57. The van der Waals surface area contributed by atoms with Gasteiger partial charge in [-0.1, -0.05) is 24.3 Å². The molecule has 1 spiro atoms. The number of hydrogen-bond acceptors (Lipinski definition) is 5. The van der Waals surface area contributed by atoms with Crippen molar-refractivity contribution in [1.82, 2.24) is 10.2 Å². The molecule has 0 radical (unpaired) electrons. The molecule has 3 heterocycles. The summed E-state index contributed by atoms with van der Waals surface area (Å²) in [7, 11) is 0. The number of thiophene rings is 1. The second kappa shape index (κ2) is 5.45. The summed E-state index contributed by atoms with van der Waals surface area (Å²) in [5.41, 5.74) is -0.498. The van der Waals surface area contributed by atoms with Crippen molar-refractivity contribution in [2.75, 3.05) is 13.2 Å². The van der Waals surface area contributed by atoms with Gasteiger partial charge < -0.3 is 10.1 Å². The van der Waals surface area contributed by atoms with Gasteiger partial charge >= 0.3 is 6.03 Å². The van der Waals surface area contributed by atoms with Crippen LogP contribution in [-0.2, 0) is 10.3 Å². The molecule has 2 aromatic rings. The van der Waals surface area contributed by atoms with E-state index in [1.807, 2.05) is 6.07 Å². The predicted molar refractivity (Wildman–Crippen MR) is 87.1 cm³/mol. The number of nitrogens with zero attached hydrogens (tertiary/aromatic N) is 1. The maximum Gasteiger partial charge on any atom is 0.325 e. The van der Waals surface area contributed by atoms with Crippen molar-refractivity contribution in [2.24, 2.45) is 0 Å². The lowest BCUT2D eigenvalue weighted by molar-refractivity contribution is -0.132. The molecule has 6 nitrogen and oxygen atoms in total. The molecule has 2 aliphatic heterocycles. The number of carbonyl (C=O) groups is 3. The number of nitrogens with one attached hydrogen (secondary N) is 1. The maximum atomic E-state index is 13.0. The summed E-state index contributed by atoms with van der Waals surface area (Å²) in [6.07, 6.45) is 0.346. The number of urea groups is 1. The number of Topliss-reactive ketones (excluding diaryl/α,β-unsaturated/α-hetero) is 1. The van der Waals surface area contributed by atoms with E-state index < -0.39 is 17.5 Å². The quantitative estimate of drug-likeness (QED) is 0.685. The number of rotatable bonds is 3. The fraction of sp³-hybridized carbons (Fsp3) is 0.235. The summed E-state index contributed by atoms with van der Waals surface area (Å²) in [4.78, 5) is 39.2. The van der Waals surface area contributed by atoms with E-state index in [4.69, 9.17) is 4.74 Å². The Morgan fingerprint density at radius 2 is 2.08 bits per heavy atom. The number of para-hydroxylation sites is 1. The first-order chi connectivity index (χ1) is 11.6. The molecular formula is C17H14N2O4S. The minimum absolute atomic E-state index is 0.245. The topological polar surface area (TPSA) is 75.7 Å². The lowest BCUT2D eigenvalue weighted by Crippen LogP contribution is -2.47. The molecule has 0 aliphatic carbocycles. The van der Waals surface area contributed by atoms with Crippen molar-refractivity contribution < 1.29 is 19.1 Å². The van der Waals surface area contributed by atoms with Crippen LogP contribution in [0.3, 0.4) is 0 Å². The van der Waals surface area contributed by atoms with Gasteiger partial charge in [0.25, 0.3) is 5.91 Å². The Balaban J connectivity index is 1.66. The Morgan fingerprint density at radius 1 is 1.25 bits per heavy atom. The van der Waals surface area contributed by atoms with E-state index in [1.165, 1.54) is 11.3 Å². The van der Waals surface area contributed by atoms with Crippen molar-refractivity contribution in [1.29, 1.82) is 0 Å². The molecule has 0 unspecified atom stereocenters. The molecule has 24 heavy (non-hydrogen) atoms. The SMILES string of the molecule is O=C(CN1C(=O)N[C@]2(CCOc3ccccc32)C1=O)c1cccs1. The van der Waals surface area contributed by atoms with E-state index in [2.05, 4.69) is 5.32 Å². The minimum atomic E-state index is -1.14. The molecule has 7 heteroatoms. The highest BCUT2D eigenvalue weighted by atomic mass is 32.1. The second-order valence-electron chi connectivity index (χ2n) is 5.72. The largest absolute Gasteiger partial charge is 0.493 e. The standard InChI is InChI=1S/C17H14N2O4S/c20-12(14-6-3-9-24-14)10-19-15(21)17(18-16(19)22)7-8-23-13-5-2-1-4-11(13)17/h1-6,9H,7-8,10H2,(H,18,22)/t17-/m0/s1. The molecule has 1 aromatic heterocycles. The molecule has 0 bridgehead atoms. The predicted octanol–water partition coefficient (Wildman–Crippen LogP) is 2.16. The minimum Gasteiger partial charge on any atom is -0.493 e. The number of benzene rings is 1. The number of carbonyl (C=O) groups excluding carboxylic acids is 3. The van der Waals surface area contributed by atoms with Crippen molar-refractivity contribution in [3.63, 3.8) is 0 Å². The third-order valence-electron chi connectivity index (χ3n) is 4.35. The number of hydrogen-bond donors (Lipinski definition) is 1. The van der Waals surface area contributed by atoms with Crippen LogP contribution in [0.15, 0.2) is 41.8 Å². The van der Waals surface area contributed by atoms with Crippen LogP contribution in [-0.4, -0.2) is 35.8 Å². The maximum absolute atomic E-state index is 13.0. The lowest BCUT2D eigenvalue weighted by atomic mass is 9.84. The Hall–Kier alpha value is -2.67. The van der Waals surface area contributed by atoms with Crippen molar-refractivity contribution in [3.05, 3.63) is 52.2 Å². The molecule has 1 aromatic carbocycles. The first-order valence-corrected chi connectivity index (χ1v) is 8.43. The number of fused-ring (bicyclic) bond motifs is 2. The van der Waals surface area contributed by atoms with Gasteiger partial charge in [0.15, 0.2) is 11.3 Å². The number of ether oxygens (including phenoxy) is 1. The number of ketones is 1. The van der Waals surface area contributed by atoms with Gasteiger partial charge in [-0.25, -0.2) is 4.79 Å². The highest BCUT2D eigenvalue weighted by Crippen LogP contribution is 2.40. The lowest BCUT2D eigenvalue weighted by Gasteiger charge is -2.33. The van der Waals surface area contributed by atoms with Crippen LogP contribution in [0.5, 0.6) is 5.75 Å². The van der Waals surface area contributed by atoms with Crippen LogP contribution in [0, 0.1) is 0 Å². The molecule has 3 amide bonds. The molecule has 0 saturated carbocycles. The summed E-state index contributed by atoms with van der Waals surface area (Å²) in [6, 6.07) is 10.1. The molecule has 122 valence electrons. The summed E-state index contributed by atoms with van der Waals surface area (Å²) in [5.74, 6) is -0.0529. The van der Waals surface area contributed by atoms with E-state index in [9.17, 15) is 14.4 Å². The van der Waals surface area contributed by atoms with Crippen LogP contribution in [0.2, 0.25) is 0 Å². The second-order valence-corrected chi connectivity index (χ2v) is 6.67. The molecule has 1 saturated heterocycles. The summed E-state index contributed by atoms with van der Waals surface area (Å²) < 4.78 is 5.58. The Bertz CT molecular complexity index is 833. The molecule has 4 rings (SSSR count). The Morgan fingerprint density at radius 3 is 2.88 bits per heavy atom. The van der Waals surface area contributed by atoms with Crippen LogP contribution >= 0.6 is 11.3 Å². The van der Waals surface area contributed by atoms with Crippen molar-refractivity contribution in [3.8, 4) is 5.75 Å². The van der Waals surface area contributed by atoms with Crippen LogP contribution in [0.1, 0.15) is 21.7 Å². The van der Waals surface area contributed by atoms with Gasteiger partial charge in [0.1, 0.15) is 5.75 Å². The van der Waals surface area contributed by atoms with Gasteiger partial charge in [0.2, 0.25) is 0 Å². The van der Waals surface area contributed by atoms with Crippen molar-refractivity contribution >= 4 is 29.1 Å². The molecule has 1 atom stereocenters. The molecule has 1 N–H and O–H groups in total. The van der Waals surface area contributed by atoms with Gasteiger partial charge in [0.05, 0.1) is 18.0 Å². The molecule has 2 aliphatic rings. The third kappa shape index (κ3) is 2.12. The zero-order valence-corrected chi connectivity index (χ0v) is 13.5. The first kappa shape index (κ1) is 14.9. The van der Waals surface area contributed by atoms with E-state index in [-0.39, 0.29) is 12.3 Å².